The standard InChI is InChI=1S/C23H21NO5S2/c1-27-19-11-8-17(9-12-19)10-13-20-14-15-22(30-20)31(26)29-24-21(23(25)28-2)16-18-6-4-3-5-7-18/h3-9,11-12,14-15,21,24H,16H2,1-2H3. The Hall–Kier alpha value is -2.96. The number of carbonyl (C=O) groups excluding carboxylic acids is 1. The van der Waals surface area contributed by atoms with Gasteiger partial charge < -0.3 is 9.47 Å². The maximum atomic E-state index is 12.5. The second kappa shape index (κ2) is 11.4. The molecule has 0 fully saturated rings. The molecule has 1 heterocycles. The third-order valence-electron chi connectivity index (χ3n) is 4.20. The van der Waals surface area contributed by atoms with E-state index in [2.05, 4.69) is 17.3 Å². The second-order valence-corrected chi connectivity index (χ2v) is 8.72. The number of hydroxylamine groups is 1. The van der Waals surface area contributed by atoms with Gasteiger partial charge in [0.15, 0.2) is 0 Å². The third kappa shape index (κ3) is 6.77. The molecule has 1 aromatic heterocycles. The maximum Gasteiger partial charge on any atom is 0.325 e. The van der Waals surface area contributed by atoms with Crippen LogP contribution >= 0.6 is 11.3 Å². The van der Waals surface area contributed by atoms with Crippen LogP contribution in [0.5, 0.6) is 5.75 Å². The fourth-order valence-corrected chi connectivity index (χ4v) is 4.29. The molecule has 0 amide bonds. The summed E-state index contributed by atoms with van der Waals surface area (Å²) in [6.07, 6.45) is 0.341. The van der Waals surface area contributed by atoms with Crippen LogP contribution in [0.4, 0.5) is 0 Å². The molecule has 3 aromatic rings. The van der Waals surface area contributed by atoms with E-state index in [4.69, 9.17) is 13.8 Å². The first-order chi connectivity index (χ1) is 15.1. The van der Waals surface area contributed by atoms with E-state index in [9.17, 15) is 9.00 Å². The second-order valence-electron chi connectivity index (χ2n) is 6.30. The first-order valence-corrected chi connectivity index (χ1v) is 11.2. The molecule has 3 rings (SSSR count). The summed E-state index contributed by atoms with van der Waals surface area (Å²) in [4.78, 5) is 12.8. The SMILES string of the molecule is COC(=O)C(Cc1ccccc1)NOS(=O)c1ccc(C#Cc2ccc(OC)cc2)s1. The van der Waals surface area contributed by atoms with Gasteiger partial charge in [-0.2, -0.15) is 9.76 Å². The Kier molecular flexibility index (Phi) is 8.38. The quantitative estimate of drug-likeness (QED) is 0.319. The zero-order chi connectivity index (χ0) is 22.1. The van der Waals surface area contributed by atoms with Crippen molar-refractivity contribution in [3.8, 4) is 17.6 Å². The van der Waals surface area contributed by atoms with Gasteiger partial charge in [-0.1, -0.05) is 42.2 Å². The molecule has 160 valence electrons. The summed E-state index contributed by atoms with van der Waals surface area (Å²) in [6, 6.07) is 19.5. The summed E-state index contributed by atoms with van der Waals surface area (Å²) < 4.78 is 28.2. The van der Waals surface area contributed by atoms with Gasteiger partial charge in [-0.3, -0.25) is 4.79 Å². The van der Waals surface area contributed by atoms with E-state index >= 15 is 0 Å². The van der Waals surface area contributed by atoms with Crippen LogP contribution in [0.1, 0.15) is 16.0 Å². The highest BCUT2D eigenvalue weighted by Crippen LogP contribution is 2.20. The Bertz CT molecular complexity index is 1080. The number of benzene rings is 2. The molecule has 6 nitrogen and oxygen atoms in total. The number of nitrogens with one attached hydrogen (secondary N) is 1. The van der Waals surface area contributed by atoms with E-state index in [0.29, 0.717) is 10.6 Å². The Labute approximate surface area is 187 Å². The van der Waals surface area contributed by atoms with Gasteiger partial charge in [0.1, 0.15) is 16.0 Å². The number of ether oxygens (including phenoxy) is 2. The zero-order valence-corrected chi connectivity index (χ0v) is 18.6. The molecule has 0 aliphatic rings. The van der Waals surface area contributed by atoms with Crippen LogP contribution in [-0.2, 0) is 31.3 Å². The van der Waals surface area contributed by atoms with Crippen molar-refractivity contribution in [1.82, 2.24) is 5.48 Å². The van der Waals surface area contributed by atoms with Crippen molar-refractivity contribution >= 4 is 28.4 Å². The molecular formula is C23H21NO5S2. The lowest BCUT2D eigenvalue weighted by molar-refractivity contribution is -0.145. The summed E-state index contributed by atoms with van der Waals surface area (Å²) in [6.45, 7) is 0. The van der Waals surface area contributed by atoms with Gasteiger partial charge in [0, 0.05) is 12.0 Å². The first kappa shape index (κ1) is 22.7. The number of hydrogen-bond donors (Lipinski definition) is 1. The van der Waals surface area contributed by atoms with Crippen molar-refractivity contribution in [2.75, 3.05) is 14.2 Å². The molecule has 2 aromatic carbocycles. The maximum absolute atomic E-state index is 12.5. The van der Waals surface area contributed by atoms with Gasteiger partial charge in [0.25, 0.3) is 0 Å². The number of esters is 1. The predicted octanol–water partition coefficient (Wildman–Crippen LogP) is 3.48. The molecule has 1 N–H and O–H groups in total. The number of hydrogen-bond acceptors (Lipinski definition) is 7. The minimum Gasteiger partial charge on any atom is -0.497 e. The van der Waals surface area contributed by atoms with E-state index in [1.165, 1.54) is 18.4 Å². The normalized spacial score (nSPS) is 12.3. The van der Waals surface area contributed by atoms with E-state index in [-0.39, 0.29) is 0 Å². The summed E-state index contributed by atoms with van der Waals surface area (Å²) in [5.74, 6) is 6.36. The lowest BCUT2D eigenvalue weighted by Gasteiger charge is -2.15. The van der Waals surface area contributed by atoms with Crippen LogP contribution in [0.2, 0.25) is 0 Å². The number of methoxy groups -OCH3 is 2. The molecular weight excluding hydrogens is 434 g/mol. The summed E-state index contributed by atoms with van der Waals surface area (Å²) in [5.41, 5.74) is 4.35. The highest BCUT2D eigenvalue weighted by Gasteiger charge is 2.21. The third-order valence-corrected chi connectivity index (χ3v) is 6.37. The average molecular weight is 456 g/mol. The van der Waals surface area contributed by atoms with E-state index in [1.807, 2.05) is 54.6 Å². The molecule has 0 radical (unpaired) electrons. The number of thiophene rings is 1. The fraction of sp³-hybridized carbons (Fsp3) is 0.174. The van der Waals surface area contributed by atoms with Gasteiger partial charge in [-0.15, -0.1) is 11.3 Å². The summed E-state index contributed by atoms with van der Waals surface area (Å²) in [7, 11) is 2.91. The Morgan fingerprint density at radius 2 is 1.77 bits per heavy atom. The van der Waals surface area contributed by atoms with Gasteiger partial charge in [-0.25, -0.2) is 4.21 Å². The Morgan fingerprint density at radius 3 is 2.45 bits per heavy atom. The van der Waals surface area contributed by atoms with Crippen molar-refractivity contribution in [3.63, 3.8) is 0 Å². The van der Waals surface area contributed by atoms with E-state index in [1.54, 1.807) is 19.2 Å². The monoisotopic (exact) mass is 455 g/mol. The van der Waals surface area contributed by atoms with Gasteiger partial charge in [-0.05, 0) is 42.0 Å². The molecule has 31 heavy (non-hydrogen) atoms. The highest BCUT2D eigenvalue weighted by molar-refractivity contribution is 7.82. The molecule has 0 aliphatic carbocycles. The number of carbonyl (C=O) groups is 1. The van der Waals surface area contributed by atoms with Crippen molar-refractivity contribution in [1.29, 1.82) is 0 Å². The number of rotatable bonds is 8. The van der Waals surface area contributed by atoms with Crippen molar-refractivity contribution in [3.05, 3.63) is 82.7 Å². The molecule has 2 atom stereocenters. The highest BCUT2D eigenvalue weighted by atomic mass is 32.2. The van der Waals surface area contributed by atoms with Crippen molar-refractivity contribution in [2.24, 2.45) is 0 Å². The largest absolute Gasteiger partial charge is 0.497 e. The lowest BCUT2D eigenvalue weighted by Crippen LogP contribution is -2.39. The molecule has 0 spiro atoms. The first-order valence-electron chi connectivity index (χ1n) is 9.31. The molecule has 8 heteroatoms. The van der Waals surface area contributed by atoms with Crippen LogP contribution in [0.15, 0.2) is 70.9 Å². The van der Waals surface area contributed by atoms with E-state index in [0.717, 1.165) is 21.8 Å². The molecule has 2 unspecified atom stereocenters. The van der Waals surface area contributed by atoms with E-state index < -0.39 is 23.1 Å². The predicted molar refractivity (Wildman–Crippen MR) is 120 cm³/mol. The van der Waals surface area contributed by atoms with Crippen LogP contribution in [0, 0.1) is 11.8 Å². The zero-order valence-electron chi connectivity index (χ0n) is 17.0. The van der Waals surface area contributed by atoms with Gasteiger partial charge in [0.05, 0.1) is 19.1 Å². The topological polar surface area (TPSA) is 73.9 Å². The Balaban J connectivity index is 1.60. The molecule has 0 aliphatic heterocycles. The molecule has 0 saturated heterocycles. The van der Waals surface area contributed by atoms with Gasteiger partial charge >= 0.3 is 5.97 Å². The van der Waals surface area contributed by atoms with Crippen molar-refractivity contribution in [2.45, 2.75) is 16.7 Å². The molecule has 0 saturated carbocycles. The van der Waals surface area contributed by atoms with Crippen LogP contribution in [0.3, 0.4) is 0 Å². The summed E-state index contributed by atoms with van der Waals surface area (Å²) in [5, 5.41) is 0. The van der Waals surface area contributed by atoms with Crippen LogP contribution in [-0.4, -0.2) is 30.4 Å². The minimum absolute atomic E-state index is 0.341. The minimum atomic E-state index is -1.80. The van der Waals surface area contributed by atoms with Crippen LogP contribution < -0.4 is 10.2 Å². The smallest absolute Gasteiger partial charge is 0.325 e. The Morgan fingerprint density at radius 1 is 1.03 bits per heavy atom. The van der Waals surface area contributed by atoms with Crippen LogP contribution in [0.25, 0.3) is 0 Å². The van der Waals surface area contributed by atoms with Gasteiger partial charge in [0.2, 0.25) is 11.1 Å². The summed E-state index contributed by atoms with van der Waals surface area (Å²) >= 11 is -0.539. The average Bonchev–Trinajstić information content (AvgIpc) is 3.30. The lowest BCUT2D eigenvalue weighted by atomic mass is 10.1. The fourth-order valence-electron chi connectivity index (χ4n) is 2.59. The van der Waals surface area contributed by atoms with Crippen molar-refractivity contribution < 1.29 is 22.8 Å². The molecule has 0 bridgehead atoms.